The summed E-state index contributed by atoms with van der Waals surface area (Å²) in [6.45, 7) is 0. The second kappa shape index (κ2) is 7.71. The van der Waals surface area contributed by atoms with Crippen molar-refractivity contribution in [3.8, 4) is 11.3 Å². The molecule has 0 unspecified atom stereocenters. The van der Waals surface area contributed by atoms with Crippen LogP contribution in [0.15, 0.2) is 88.1 Å². The van der Waals surface area contributed by atoms with Gasteiger partial charge in [-0.15, -0.1) is 0 Å². The van der Waals surface area contributed by atoms with Crippen LogP contribution in [-0.4, -0.2) is 5.91 Å². The van der Waals surface area contributed by atoms with E-state index in [2.05, 4.69) is 5.32 Å². The maximum Gasteiger partial charge on any atom is 0.228 e. The minimum absolute atomic E-state index is 0.150. The molecule has 4 aromatic rings. The Bertz CT molecular complexity index is 1220. The number of anilines is 1. The molecule has 0 saturated heterocycles. The van der Waals surface area contributed by atoms with Crippen molar-refractivity contribution in [1.29, 1.82) is 0 Å². The summed E-state index contributed by atoms with van der Waals surface area (Å²) >= 11 is 6.20. The van der Waals surface area contributed by atoms with Crippen molar-refractivity contribution < 1.29 is 9.21 Å². The van der Waals surface area contributed by atoms with Crippen molar-refractivity contribution in [1.82, 2.24) is 0 Å². The zero-order chi connectivity index (χ0) is 19.5. The van der Waals surface area contributed by atoms with Gasteiger partial charge in [0.1, 0.15) is 11.3 Å². The highest BCUT2D eigenvalue weighted by Gasteiger charge is 2.11. The third-order valence-corrected chi connectivity index (χ3v) is 4.69. The number of benzene rings is 3. The van der Waals surface area contributed by atoms with Gasteiger partial charge in [0.05, 0.1) is 16.8 Å². The average molecular weight is 390 g/mol. The Hall–Kier alpha value is -3.37. The standard InChI is InChI=1S/C23H16ClNO3/c24-19-9-5-4-8-17(19)22-14-20(26)18-13-16(10-11-21(18)28-22)25-23(27)12-15-6-2-1-3-7-15/h1-11,13-14H,12H2,(H,25,27). The molecule has 28 heavy (non-hydrogen) atoms. The number of hydrogen-bond acceptors (Lipinski definition) is 3. The van der Waals surface area contributed by atoms with Gasteiger partial charge in [-0.05, 0) is 35.9 Å². The van der Waals surface area contributed by atoms with E-state index in [-0.39, 0.29) is 17.8 Å². The smallest absolute Gasteiger partial charge is 0.228 e. The first-order chi connectivity index (χ1) is 13.6. The van der Waals surface area contributed by atoms with E-state index in [0.29, 0.717) is 33.0 Å². The predicted octanol–water partition coefficient (Wildman–Crippen LogP) is 5.29. The number of halogens is 1. The molecule has 0 aliphatic rings. The summed E-state index contributed by atoms with van der Waals surface area (Å²) in [7, 11) is 0. The van der Waals surface area contributed by atoms with E-state index in [0.717, 1.165) is 5.56 Å². The zero-order valence-electron chi connectivity index (χ0n) is 14.8. The van der Waals surface area contributed by atoms with Crippen LogP contribution in [0.5, 0.6) is 0 Å². The van der Waals surface area contributed by atoms with Gasteiger partial charge in [0.15, 0.2) is 5.43 Å². The fourth-order valence-corrected chi connectivity index (χ4v) is 3.24. The Morgan fingerprint density at radius 1 is 0.929 bits per heavy atom. The second-order valence-electron chi connectivity index (χ2n) is 6.38. The highest BCUT2D eigenvalue weighted by Crippen LogP contribution is 2.29. The molecule has 3 aromatic carbocycles. The second-order valence-corrected chi connectivity index (χ2v) is 6.78. The highest BCUT2D eigenvalue weighted by molar-refractivity contribution is 6.33. The van der Waals surface area contributed by atoms with Crippen molar-refractivity contribution in [2.24, 2.45) is 0 Å². The lowest BCUT2D eigenvalue weighted by Crippen LogP contribution is -2.14. The number of fused-ring (bicyclic) bond motifs is 1. The molecule has 0 aliphatic heterocycles. The average Bonchev–Trinajstić information content (AvgIpc) is 2.69. The molecule has 0 radical (unpaired) electrons. The van der Waals surface area contributed by atoms with Crippen LogP contribution in [0, 0.1) is 0 Å². The van der Waals surface area contributed by atoms with E-state index >= 15 is 0 Å². The van der Waals surface area contributed by atoms with Gasteiger partial charge in [-0.2, -0.15) is 0 Å². The Labute approximate surface area is 166 Å². The van der Waals surface area contributed by atoms with Crippen molar-refractivity contribution in [3.63, 3.8) is 0 Å². The Morgan fingerprint density at radius 2 is 1.68 bits per heavy atom. The first-order valence-electron chi connectivity index (χ1n) is 8.77. The van der Waals surface area contributed by atoms with Crippen LogP contribution in [0.25, 0.3) is 22.3 Å². The maximum absolute atomic E-state index is 12.6. The van der Waals surface area contributed by atoms with Crippen molar-refractivity contribution in [2.75, 3.05) is 5.32 Å². The minimum Gasteiger partial charge on any atom is -0.456 e. The number of carbonyl (C=O) groups is 1. The van der Waals surface area contributed by atoms with E-state index in [9.17, 15) is 9.59 Å². The molecule has 0 saturated carbocycles. The molecule has 1 amide bonds. The van der Waals surface area contributed by atoms with E-state index in [1.165, 1.54) is 6.07 Å². The Balaban J connectivity index is 1.62. The SMILES string of the molecule is O=C(Cc1ccccc1)Nc1ccc2oc(-c3ccccc3Cl)cc(=O)c2c1. The summed E-state index contributed by atoms with van der Waals surface area (Å²) in [5.74, 6) is 0.256. The highest BCUT2D eigenvalue weighted by atomic mass is 35.5. The maximum atomic E-state index is 12.6. The zero-order valence-corrected chi connectivity index (χ0v) is 15.6. The summed E-state index contributed by atoms with van der Waals surface area (Å²) in [6.07, 6.45) is 0.263. The van der Waals surface area contributed by atoms with Crippen LogP contribution in [0.2, 0.25) is 5.02 Å². The number of nitrogens with one attached hydrogen (secondary N) is 1. The molecule has 0 fully saturated rings. The summed E-state index contributed by atoms with van der Waals surface area (Å²) in [6, 6.07) is 23.1. The third-order valence-electron chi connectivity index (χ3n) is 4.36. The molecule has 1 aromatic heterocycles. The minimum atomic E-state index is -0.199. The molecule has 138 valence electrons. The molecule has 1 heterocycles. The van der Waals surface area contributed by atoms with E-state index < -0.39 is 0 Å². The topological polar surface area (TPSA) is 59.3 Å². The van der Waals surface area contributed by atoms with Gasteiger partial charge in [0, 0.05) is 17.3 Å². The molecule has 0 atom stereocenters. The molecule has 0 bridgehead atoms. The number of hydrogen-bond donors (Lipinski definition) is 1. The van der Waals surface area contributed by atoms with Gasteiger partial charge in [0.2, 0.25) is 5.91 Å². The fraction of sp³-hybridized carbons (Fsp3) is 0.0435. The van der Waals surface area contributed by atoms with Gasteiger partial charge >= 0.3 is 0 Å². The predicted molar refractivity (Wildman–Crippen MR) is 112 cm³/mol. The van der Waals surface area contributed by atoms with Crippen LogP contribution < -0.4 is 10.7 Å². The van der Waals surface area contributed by atoms with Crippen molar-refractivity contribution >= 4 is 34.2 Å². The van der Waals surface area contributed by atoms with Gasteiger partial charge in [-0.1, -0.05) is 54.1 Å². The molecule has 4 rings (SSSR count). The van der Waals surface area contributed by atoms with Gasteiger partial charge in [-0.25, -0.2) is 0 Å². The molecule has 5 heteroatoms. The lowest BCUT2D eigenvalue weighted by atomic mass is 10.1. The lowest BCUT2D eigenvalue weighted by molar-refractivity contribution is -0.115. The molecular formula is C23H16ClNO3. The molecule has 0 aliphatic carbocycles. The van der Waals surface area contributed by atoms with E-state index in [1.807, 2.05) is 42.5 Å². The van der Waals surface area contributed by atoms with Crippen LogP contribution in [0.3, 0.4) is 0 Å². The summed E-state index contributed by atoms with van der Waals surface area (Å²) in [5, 5.41) is 3.73. The van der Waals surface area contributed by atoms with Crippen molar-refractivity contribution in [2.45, 2.75) is 6.42 Å². The Kier molecular flexibility index (Phi) is 4.96. The number of amides is 1. The van der Waals surface area contributed by atoms with Crippen molar-refractivity contribution in [3.05, 3.63) is 99.7 Å². The quantitative estimate of drug-likeness (QED) is 0.515. The number of carbonyl (C=O) groups excluding carboxylic acids is 1. The van der Waals surface area contributed by atoms with Crippen LogP contribution >= 0.6 is 11.6 Å². The largest absolute Gasteiger partial charge is 0.456 e. The molecule has 4 nitrogen and oxygen atoms in total. The van der Waals surface area contributed by atoms with Gasteiger partial charge in [0.25, 0.3) is 0 Å². The summed E-state index contributed by atoms with van der Waals surface area (Å²) < 4.78 is 5.87. The number of rotatable bonds is 4. The van der Waals surface area contributed by atoms with Gasteiger partial charge in [-0.3, -0.25) is 9.59 Å². The van der Waals surface area contributed by atoms with E-state index in [1.54, 1.807) is 30.3 Å². The molecule has 0 spiro atoms. The van der Waals surface area contributed by atoms with E-state index in [4.69, 9.17) is 16.0 Å². The first-order valence-corrected chi connectivity index (χ1v) is 9.14. The Morgan fingerprint density at radius 3 is 2.46 bits per heavy atom. The molecular weight excluding hydrogens is 374 g/mol. The van der Waals surface area contributed by atoms with Gasteiger partial charge < -0.3 is 9.73 Å². The monoisotopic (exact) mass is 389 g/mol. The lowest BCUT2D eigenvalue weighted by Gasteiger charge is -2.08. The first kappa shape index (κ1) is 18.0. The van der Waals surface area contributed by atoms with Crippen LogP contribution in [0.4, 0.5) is 5.69 Å². The normalized spacial score (nSPS) is 10.8. The fourth-order valence-electron chi connectivity index (χ4n) is 3.01. The van der Waals surface area contributed by atoms with Crippen LogP contribution in [0.1, 0.15) is 5.56 Å². The summed E-state index contributed by atoms with van der Waals surface area (Å²) in [5.41, 5.74) is 2.36. The van der Waals surface area contributed by atoms with Crippen LogP contribution in [-0.2, 0) is 11.2 Å². The third kappa shape index (κ3) is 3.82. The molecule has 1 N–H and O–H groups in total. The summed E-state index contributed by atoms with van der Waals surface area (Å²) in [4.78, 5) is 24.8.